The highest BCUT2D eigenvalue weighted by Gasteiger charge is 2.26. The third kappa shape index (κ3) is 1.55. The second-order valence-electron chi connectivity index (χ2n) is 2.61. The second kappa shape index (κ2) is 3.12. The Morgan fingerprint density at radius 3 is 2.90 bits per heavy atom. The summed E-state index contributed by atoms with van der Waals surface area (Å²) in [5.41, 5.74) is 0. The number of carbonyl (C=O) groups excluding carboxylic acids is 1. The molecule has 3 nitrogen and oxygen atoms in total. The molecule has 0 aliphatic carbocycles. The van der Waals surface area contributed by atoms with Gasteiger partial charge in [0.1, 0.15) is 6.10 Å². The van der Waals surface area contributed by atoms with Gasteiger partial charge in [0.25, 0.3) is 0 Å². The first-order valence-electron chi connectivity index (χ1n) is 3.52. The van der Waals surface area contributed by atoms with Crippen molar-refractivity contribution in [3.05, 3.63) is 0 Å². The van der Waals surface area contributed by atoms with Crippen molar-refractivity contribution in [3.63, 3.8) is 0 Å². The maximum absolute atomic E-state index is 10.6. The van der Waals surface area contributed by atoms with Crippen LogP contribution in [0.15, 0.2) is 0 Å². The Labute approximate surface area is 60.0 Å². The Morgan fingerprint density at radius 1 is 1.80 bits per heavy atom. The van der Waals surface area contributed by atoms with Crippen LogP contribution < -0.4 is 0 Å². The van der Waals surface area contributed by atoms with Crippen LogP contribution in [0.1, 0.15) is 19.8 Å². The normalized spacial score (nSPS) is 28.4. The zero-order valence-electron chi connectivity index (χ0n) is 6.04. The fourth-order valence-corrected chi connectivity index (χ4v) is 1.11. The van der Waals surface area contributed by atoms with Crippen molar-refractivity contribution in [3.8, 4) is 0 Å². The van der Waals surface area contributed by atoms with Gasteiger partial charge in [-0.3, -0.25) is 4.79 Å². The highest BCUT2D eigenvalue weighted by molar-refractivity contribution is 5.80. The quantitative estimate of drug-likeness (QED) is 0.598. The maximum Gasteiger partial charge on any atom is 0.160 e. The Balaban J connectivity index is 2.39. The van der Waals surface area contributed by atoms with Crippen molar-refractivity contribution >= 4 is 5.78 Å². The fraction of sp³-hybridized carbons (Fsp3) is 0.857. The molecule has 1 aliphatic heterocycles. The predicted octanol–water partition coefficient (Wildman–Crippen LogP) is 0.115. The van der Waals surface area contributed by atoms with Gasteiger partial charge in [0.2, 0.25) is 0 Å². The standard InChI is InChI=1S/C7H12O3/c1-5(8)7(9)6-3-2-4-10-6/h6-7,9H,2-4H2,1H3. The monoisotopic (exact) mass is 144 g/mol. The number of Topliss-reactive ketones (excluding diaryl/α,β-unsaturated/α-hetero) is 1. The molecule has 10 heavy (non-hydrogen) atoms. The van der Waals surface area contributed by atoms with Crippen LogP contribution in [0.25, 0.3) is 0 Å². The predicted molar refractivity (Wildman–Crippen MR) is 35.7 cm³/mol. The molecule has 2 unspecified atom stereocenters. The SMILES string of the molecule is CC(=O)C(O)C1CCCO1. The van der Waals surface area contributed by atoms with E-state index in [1.165, 1.54) is 6.92 Å². The van der Waals surface area contributed by atoms with Crippen LogP contribution in [0, 0.1) is 0 Å². The summed E-state index contributed by atoms with van der Waals surface area (Å²) >= 11 is 0. The van der Waals surface area contributed by atoms with Crippen LogP contribution in [-0.4, -0.2) is 29.7 Å². The number of ether oxygens (including phenoxy) is 1. The lowest BCUT2D eigenvalue weighted by atomic mass is 10.1. The molecule has 3 heteroatoms. The minimum atomic E-state index is -0.900. The first-order valence-corrected chi connectivity index (χ1v) is 3.52. The molecule has 1 rings (SSSR count). The third-order valence-electron chi connectivity index (χ3n) is 1.73. The Kier molecular flexibility index (Phi) is 2.40. The summed E-state index contributed by atoms with van der Waals surface area (Å²) < 4.78 is 5.11. The fourth-order valence-electron chi connectivity index (χ4n) is 1.11. The molecule has 0 amide bonds. The van der Waals surface area contributed by atoms with E-state index in [4.69, 9.17) is 9.84 Å². The van der Waals surface area contributed by atoms with Gasteiger partial charge in [-0.2, -0.15) is 0 Å². The number of rotatable bonds is 2. The average Bonchev–Trinajstić information content (AvgIpc) is 2.36. The van der Waals surface area contributed by atoms with Gasteiger partial charge in [-0.05, 0) is 19.8 Å². The van der Waals surface area contributed by atoms with E-state index < -0.39 is 6.10 Å². The van der Waals surface area contributed by atoms with E-state index >= 15 is 0 Å². The molecule has 0 aromatic rings. The van der Waals surface area contributed by atoms with Gasteiger partial charge in [0.15, 0.2) is 5.78 Å². The van der Waals surface area contributed by atoms with Crippen molar-refractivity contribution < 1.29 is 14.6 Å². The van der Waals surface area contributed by atoms with Crippen molar-refractivity contribution in [1.29, 1.82) is 0 Å². The summed E-state index contributed by atoms with van der Waals surface area (Å²) in [6.45, 7) is 2.06. The molecular weight excluding hydrogens is 132 g/mol. The van der Waals surface area contributed by atoms with Crippen molar-refractivity contribution in [2.24, 2.45) is 0 Å². The van der Waals surface area contributed by atoms with Crippen LogP contribution in [-0.2, 0) is 9.53 Å². The zero-order chi connectivity index (χ0) is 7.56. The molecule has 1 saturated heterocycles. The number of hydrogen-bond donors (Lipinski definition) is 1. The molecule has 0 saturated carbocycles. The lowest BCUT2D eigenvalue weighted by Gasteiger charge is -2.13. The minimum absolute atomic E-state index is 0.202. The molecule has 0 radical (unpaired) electrons. The molecule has 0 spiro atoms. The number of aliphatic hydroxyl groups excluding tert-OH is 1. The van der Waals surface area contributed by atoms with Gasteiger partial charge in [0.05, 0.1) is 6.10 Å². The Bertz CT molecular complexity index is 127. The second-order valence-corrected chi connectivity index (χ2v) is 2.61. The molecule has 1 aliphatic rings. The van der Waals surface area contributed by atoms with E-state index in [-0.39, 0.29) is 11.9 Å². The van der Waals surface area contributed by atoms with E-state index in [9.17, 15) is 4.79 Å². The van der Waals surface area contributed by atoms with E-state index in [1.54, 1.807) is 0 Å². The van der Waals surface area contributed by atoms with Crippen molar-refractivity contribution in [2.75, 3.05) is 6.61 Å². The largest absolute Gasteiger partial charge is 0.383 e. The summed E-state index contributed by atoms with van der Waals surface area (Å²) in [7, 11) is 0. The molecule has 0 aromatic carbocycles. The van der Waals surface area contributed by atoms with Crippen molar-refractivity contribution in [2.45, 2.75) is 32.0 Å². The molecule has 1 N–H and O–H groups in total. The molecule has 0 bridgehead atoms. The molecule has 1 fully saturated rings. The summed E-state index contributed by atoms with van der Waals surface area (Å²) in [5.74, 6) is -0.202. The van der Waals surface area contributed by atoms with Gasteiger partial charge in [-0.1, -0.05) is 0 Å². The third-order valence-corrected chi connectivity index (χ3v) is 1.73. The zero-order valence-corrected chi connectivity index (χ0v) is 6.04. The van der Waals surface area contributed by atoms with Gasteiger partial charge in [0, 0.05) is 6.61 Å². The van der Waals surface area contributed by atoms with Crippen LogP contribution in [0.5, 0.6) is 0 Å². The molecule has 0 aromatic heterocycles. The van der Waals surface area contributed by atoms with E-state index in [0.29, 0.717) is 6.61 Å². The van der Waals surface area contributed by atoms with E-state index in [0.717, 1.165) is 12.8 Å². The van der Waals surface area contributed by atoms with Gasteiger partial charge in [-0.25, -0.2) is 0 Å². The molecule has 2 atom stereocenters. The lowest BCUT2D eigenvalue weighted by molar-refractivity contribution is -0.131. The highest BCUT2D eigenvalue weighted by atomic mass is 16.5. The lowest BCUT2D eigenvalue weighted by Crippen LogP contribution is -2.31. The van der Waals surface area contributed by atoms with Crippen molar-refractivity contribution in [1.82, 2.24) is 0 Å². The topological polar surface area (TPSA) is 46.5 Å². The molecule has 1 heterocycles. The molecule has 58 valence electrons. The summed E-state index contributed by atoms with van der Waals surface area (Å²) in [6.07, 6.45) is 0.621. The first-order chi connectivity index (χ1) is 4.72. The summed E-state index contributed by atoms with van der Waals surface area (Å²) in [6, 6.07) is 0. The number of hydrogen-bond acceptors (Lipinski definition) is 3. The summed E-state index contributed by atoms with van der Waals surface area (Å²) in [4.78, 5) is 10.6. The highest BCUT2D eigenvalue weighted by Crippen LogP contribution is 2.15. The van der Waals surface area contributed by atoms with Crippen LogP contribution in [0.2, 0.25) is 0 Å². The Morgan fingerprint density at radius 2 is 2.50 bits per heavy atom. The van der Waals surface area contributed by atoms with Crippen LogP contribution >= 0.6 is 0 Å². The van der Waals surface area contributed by atoms with E-state index in [1.807, 2.05) is 0 Å². The van der Waals surface area contributed by atoms with Gasteiger partial charge >= 0.3 is 0 Å². The minimum Gasteiger partial charge on any atom is -0.383 e. The first kappa shape index (κ1) is 7.69. The number of aliphatic hydroxyl groups is 1. The van der Waals surface area contributed by atoms with Crippen LogP contribution in [0.3, 0.4) is 0 Å². The molecular formula is C7H12O3. The van der Waals surface area contributed by atoms with Crippen LogP contribution in [0.4, 0.5) is 0 Å². The summed E-state index contributed by atoms with van der Waals surface area (Å²) in [5, 5.41) is 9.15. The van der Waals surface area contributed by atoms with Gasteiger partial charge < -0.3 is 9.84 Å². The number of ketones is 1. The number of carbonyl (C=O) groups is 1. The van der Waals surface area contributed by atoms with Gasteiger partial charge in [-0.15, -0.1) is 0 Å². The Hall–Kier alpha value is -0.410. The maximum atomic E-state index is 10.6. The average molecular weight is 144 g/mol. The smallest absolute Gasteiger partial charge is 0.160 e. The van der Waals surface area contributed by atoms with E-state index in [2.05, 4.69) is 0 Å².